The number of hydrogen-bond acceptors (Lipinski definition) is 5. The number of nitrogens with one attached hydrogen (secondary N) is 1. The normalized spacial score (nSPS) is 15.1. The van der Waals surface area contributed by atoms with Crippen LogP contribution in [0.5, 0.6) is 0 Å². The van der Waals surface area contributed by atoms with Crippen LogP contribution in [0.2, 0.25) is 0 Å². The van der Waals surface area contributed by atoms with Crippen LogP contribution in [0.3, 0.4) is 0 Å². The lowest BCUT2D eigenvalue weighted by molar-refractivity contribution is -0.130. The van der Waals surface area contributed by atoms with Gasteiger partial charge in [-0.2, -0.15) is 8.42 Å². The van der Waals surface area contributed by atoms with Gasteiger partial charge in [0.25, 0.3) is 10.1 Å². The van der Waals surface area contributed by atoms with Crippen LogP contribution in [0.4, 0.5) is 0 Å². The van der Waals surface area contributed by atoms with E-state index in [9.17, 15) is 28.0 Å². The van der Waals surface area contributed by atoms with Crippen LogP contribution < -0.4 is 5.32 Å². The molecule has 0 spiro atoms. The van der Waals surface area contributed by atoms with Crippen LogP contribution in [0, 0.1) is 0 Å². The van der Waals surface area contributed by atoms with Crippen molar-refractivity contribution in [3.8, 4) is 0 Å². The van der Waals surface area contributed by atoms with Crippen molar-refractivity contribution in [2.24, 2.45) is 0 Å². The van der Waals surface area contributed by atoms with Crippen LogP contribution in [-0.4, -0.2) is 53.1 Å². The van der Waals surface area contributed by atoms with Gasteiger partial charge in [0.05, 0.1) is 17.9 Å². The molecule has 0 saturated heterocycles. The lowest BCUT2D eigenvalue weighted by Gasteiger charge is -2.22. The van der Waals surface area contributed by atoms with E-state index >= 15 is 0 Å². The third-order valence-corrected chi connectivity index (χ3v) is 7.13. The summed E-state index contributed by atoms with van der Waals surface area (Å²) in [6, 6.07) is -1.28. The molecular weight excluding hydrogens is 514 g/mol. The molecule has 4 N–H and O–H groups in total. The zero-order valence-electron chi connectivity index (χ0n) is 24.3. The van der Waals surface area contributed by atoms with Gasteiger partial charge in [0, 0.05) is 6.42 Å². The molecule has 0 saturated carbocycles. The van der Waals surface area contributed by atoms with Crippen molar-refractivity contribution in [2.75, 3.05) is 5.75 Å². The van der Waals surface area contributed by atoms with E-state index < -0.39 is 40.0 Å². The number of unbranched alkanes of at least 4 members (excludes halogenated alkanes) is 11. The summed E-state index contributed by atoms with van der Waals surface area (Å²) in [7, 11) is -4.46. The van der Waals surface area contributed by atoms with Gasteiger partial charge < -0.3 is 15.5 Å². The first-order valence-corrected chi connectivity index (χ1v) is 16.6. The van der Waals surface area contributed by atoms with E-state index in [2.05, 4.69) is 43.5 Å². The predicted molar refractivity (Wildman–Crippen MR) is 162 cm³/mol. The van der Waals surface area contributed by atoms with E-state index in [1.807, 2.05) is 6.08 Å². The average Bonchev–Trinajstić information content (AvgIpc) is 2.88. The molecule has 0 rings (SSSR count). The molecule has 3 unspecified atom stereocenters. The number of amides is 1. The number of hydrogen-bond donors (Lipinski definition) is 4. The minimum Gasteiger partial charge on any atom is -0.387 e. The maximum Gasteiger partial charge on any atom is 0.267 e. The smallest absolute Gasteiger partial charge is 0.267 e. The predicted octanol–water partition coefficient (Wildman–Crippen LogP) is 6.59. The summed E-state index contributed by atoms with van der Waals surface area (Å²) in [6.45, 7) is 4.39. The number of carbonyl (C=O) groups is 1. The third kappa shape index (κ3) is 25.0. The van der Waals surface area contributed by atoms with Crippen LogP contribution in [0.15, 0.2) is 48.6 Å². The second-order valence-electron chi connectivity index (χ2n) is 10.2. The van der Waals surface area contributed by atoms with E-state index in [-0.39, 0.29) is 6.42 Å². The lowest BCUT2D eigenvalue weighted by Crippen LogP contribution is -2.50. The first kappa shape index (κ1) is 37.3. The molecule has 0 radical (unpaired) electrons. The van der Waals surface area contributed by atoms with E-state index in [0.29, 0.717) is 12.8 Å². The van der Waals surface area contributed by atoms with Crippen molar-refractivity contribution in [2.45, 2.75) is 135 Å². The molecule has 8 heteroatoms. The summed E-state index contributed by atoms with van der Waals surface area (Å²) in [5, 5.41) is 22.9. The maximum atomic E-state index is 12.4. The standard InChI is InChI=1S/C31H55NO6S/c1-3-5-7-9-11-13-15-16-18-20-22-24-26-30(34)31(35)32-28(27-39(36,37)38)29(33)25-23-21-19-17-14-12-10-8-6-4-2/h14,16-18,22-25,28-30,33-34H,3-13,15,19-21,26-27H2,1-2H3,(H,32,35)(H,36,37,38)/b17-14+,18-16-,24-22-,25-23+. The Balaban J connectivity index is 4.45. The Morgan fingerprint density at radius 2 is 1.23 bits per heavy atom. The van der Waals surface area contributed by atoms with Gasteiger partial charge in [-0.1, -0.05) is 114 Å². The molecule has 0 aliphatic carbocycles. The molecule has 0 aromatic heterocycles. The Hall–Kier alpha value is -1.74. The van der Waals surface area contributed by atoms with Crippen molar-refractivity contribution in [1.29, 1.82) is 0 Å². The fourth-order valence-electron chi connectivity index (χ4n) is 3.98. The molecule has 1 amide bonds. The van der Waals surface area contributed by atoms with Crippen molar-refractivity contribution in [3.63, 3.8) is 0 Å². The molecule has 0 heterocycles. The lowest BCUT2D eigenvalue weighted by atomic mass is 10.1. The van der Waals surface area contributed by atoms with Gasteiger partial charge in [-0.25, -0.2) is 0 Å². The van der Waals surface area contributed by atoms with Gasteiger partial charge in [0.15, 0.2) is 0 Å². The minimum atomic E-state index is -4.46. The van der Waals surface area contributed by atoms with Crippen LogP contribution in [0.25, 0.3) is 0 Å². The first-order valence-electron chi connectivity index (χ1n) is 14.9. The topological polar surface area (TPSA) is 124 Å². The molecular formula is C31H55NO6S. The average molecular weight is 570 g/mol. The molecule has 226 valence electrons. The fourth-order valence-corrected chi connectivity index (χ4v) is 4.72. The van der Waals surface area contributed by atoms with Crippen molar-refractivity contribution in [1.82, 2.24) is 5.32 Å². The second-order valence-corrected chi connectivity index (χ2v) is 11.7. The molecule has 0 aromatic carbocycles. The van der Waals surface area contributed by atoms with Gasteiger partial charge >= 0.3 is 0 Å². The molecule has 0 aromatic rings. The highest BCUT2D eigenvalue weighted by atomic mass is 32.2. The number of carbonyl (C=O) groups excluding carboxylic acids is 1. The van der Waals surface area contributed by atoms with Gasteiger partial charge in [-0.05, 0) is 44.9 Å². The molecule has 3 atom stereocenters. The number of aliphatic hydroxyl groups is 2. The Labute approximate surface area is 238 Å². The van der Waals surface area contributed by atoms with Gasteiger partial charge in [-0.15, -0.1) is 0 Å². The van der Waals surface area contributed by atoms with Crippen molar-refractivity contribution >= 4 is 16.0 Å². The molecule has 0 fully saturated rings. The molecule has 39 heavy (non-hydrogen) atoms. The van der Waals surface area contributed by atoms with Crippen LogP contribution in [-0.2, 0) is 14.9 Å². The quantitative estimate of drug-likeness (QED) is 0.0559. The maximum absolute atomic E-state index is 12.4. The molecule has 0 bridgehead atoms. The largest absolute Gasteiger partial charge is 0.387 e. The molecule has 7 nitrogen and oxygen atoms in total. The summed E-state index contributed by atoms with van der Waals surface area (Å²) in [4.78, 5) is 12.4. The zero-order valence-corrected chi connectivity index (χ0v) is 25.2. The van der Waals surface area contributed by atoms with Crippen LogP contribution >= 0.6 is 0 Å². The number of rotatable bonds is 25. The summed E-state index contributed by atoms with van der Waals surface area (Å²) >= 11 is 0. The Kier molecular flexibility index (Phi) is 24.1. The van der Waals surface area contributed by atoms with Gasteiger partial charge in [-0.3, -0.25) is 9.35 Å². The third-order valence-electron chi connectivity index (χ3n) is 6.35. The van der Waals surface area contributed by atoms with Gasteiger partial charge in [0.2, 0.25) is 5.91 Å². The Morgan fingerprint density at radius 3 is 1.87 bits per heavy atom. The number of allylic oxidation sites excluding steroid dienone is 6. The van der Waals surface area contributed by atoms with E-state index in [0.717, 1.165) is 19.3 Å². The Morgan fingerprint density at radius 1 is 0.718 bits per heavy atom. The highest BCUT2D eigenvalue weighted by Crippen LogP contribution is 2.08. The number of aliphatic hydroxyl groups excluding tert-OH is 2. The SMILES string of the molecule is CCCCCC/C=C/CC/C=C/C(O)C(CS(=O)(=O)O)NC(=O)C(O)C/C=C\C/C=C\CCCCCCCC. The first-order chi connectivity index (χ1) is 18.7. The van der Waals surface area contributed by atoms with Crippen LogP contribution in [0.1, 0.15) is 117 Å². The van der Waals surface area contributed by atoms with E-state index in [1.54, 1.807) is 12.2 Å². The van der Waals surface area contributed by atoms with Gasteiger partial charge in [0.1, 0.15) is 6.10 Å². The molecule has 0 aliphatic rings. The van der Waals surface area contributed by atoms with E-state index in [4.69, 9.17) is 0 Å². The minimum absolute atomic E-state index is 0.0619. The highest BCUT2D eigenvalue weighted by molar-refractivity contribution is 7.85. The summed E-state index contributed by atoms with van der Waals surface area (Å²) in [5.41, 5.74) is 0. The monoisotopic (exact) mass is 569 g/mol. The highest BCUT2D eigenvalue weighted by Gasteiger charge is 2.27. The van der Waals surface area contributed by atoms with Crippen molar-refractivity contribution < 1.29 is 28.0 Å². The summed E-state index contributed by atoms with van der Waals surface area (Å²) < 4.78 is 32.1. The summed E-state index contributed by atoms with van der Waals surface area (Å²) in [6.07, 6.45) is 29.1. The second kappa shape index (κ2) is 25.2. The fraction of sp³-hybridized carbons (Fsp3) is 0.710. The van der Waals surface area contributed by atoms with E-state index in [1.165, 1.54) is 70.3 Å². The van der Waals surface area contributed by atoms with Crippen molar-refractivity contribution in [3.05, 3.63) is 48.6 Å². The summed E-state index contributed by atoms with van der Waals surface area (Å²) in [5.74, 6) is -1.65. The Bertz CT molecular complexity index is 819. The molecule has 0 aliphatic heterocycles. The zero-order chi connectivity index (χ0) is 29.2.